The van der Waals surface area contributed by atoms with E-state index in [2.05, 4.69) is 20.8 Å². The summed E-state index contributed by atoms with van der Waals surface area (Å²) in [7, 11) is 0. The SMILES string of the molecule is CC1(C)C2CC3OCCCOCCCSCCCOCCCO[C@]3(C)C1C2. The Kier molecular flexibility index (Phi) is 8.34. The van der Waals surface area contributed by atoms with E-state index in [1.807, 2.05) is 11.8 Å². The molecule has 0 spiro atoms. The maximum Gasteiger partial charge on any atom is 0.0948 e. The molecule has 0 radical (unpaired) electrons. The van der Waals surface area contributed by atoms with E-state index in [-0.39, 0.29) is 11.7 Å². The van der Waals surface area contributed by atoms with E-state index >= 15 is 0 Å². The van der Waals surface area contributed by atoms with E-state index in [0.29, 0.717) is 11.3 Å². The van der Waals surface area contributed by atoms with Gasteiger partial charge in [0.1, 0.15) is 0 Å². The first kappa shape index (κ1) is 21.9. The summed E-state index contributed by atoms with van der Waals surface area (Å²) in [6, 6.07) is 0. The molecule has 0 amide bonds. The van der Waals surface area contributed by atoms with Gasteiger partial charge in [-0.3, -0.25) is 0 Å². The fraction of sp³-hybridized carbons (Fsp3) is 1.00. The minimum Gasteiger partial charge on any atom is -0.381 e. The number of hydrogen-bond donors (Lipinski definition) is 0. The van der Waals surface area contributed by atoms with E-state index < -0.39 is 0 Å². The van der Waals surface area contributed by atoms with E-state index in [0.717, 1.165) is 77.7 Å². The van der Waals surface area contributed by atoms with Gasteiger partial charge in [-0.05, 0) is 74.2 Å². The molecule has 0 aromatic rings. The van der Waals surface area contributed by atoms with Crippen molar-refractivity contribution >= 4 is 11.8 Å². The molecule has 5 heteroatoms. The third-order valence-electron chi connectivity index (χ3n) is 7.05. The lowest BCUT2D eigenvalue weighted by molar-refractivity contribution is -0.276. The van der Waals surface area contributed by atoms with Crippen LogP contribution in [0.2, 0.25) is 0 Å². The Balaban J connectivity index is 1.54. The lowest BCUT2D eigenvalue weighted by Gasteiger charge is -2.66. The Hall–Kier alpha value is 0.190. The Morgan fingerprint density at radius 3 is 2.04 bits per heavy atom. The standard InChI is InChI=1S/C22H40O4S/c1-21(2)18-16-19(21)22(3)20(17-18)25-12-4-8-23-10-6-14-27-15-7-11-24-9-5-13-26-22/h18-20H,4-17H2,1-3H3/t18?,19?,20?,22-/m1/s1. The van der Waals surface area contributed by atoms with Crippen LogP contribution in [0.1, 0.15) is 59.3 Å². The molecule has 4 aliphatic rings. The minimum absolute atomic E-state index is 0.168. The summed E-state index contributed by atoms with van der Waals surface area (Å²) < 4.78 is 24.5. The van der Waals surface area contributed by atoms with E-state index in [9.17, 15) is 0 Å². The molecule has 1 heterocycles. The maximum atomic E-state index is 6.54. The summed E-state index contributed by atoms with van der Waals surface area (Å²) in [4.78, 5) is 0. The summed E-state index contributed by atoms with van der Waals surface area (Å²) >= 11 is 2.01. The van der Waals surface area contributed by atoms with Gasteiger partial charge in [0, 0.05) is 39.6 Å². The molecule has 3 aliphatic carbocycles. The quantitative estimate of drug-likeness (QED) is 0.596. The van der Waals surface area contributed by atoms with Crippen LogP contribution in [0.15, 0.2) is 0 Å². The second-order valence-electron chi connectivity index (χ2n) is 9.19. The average Bonchev–Trinajstić information content (AvgIpc) is 2.64. The summed E-state index contributed by atoms with van der Waals surface area (Å²) in [5.74, 6) is 3.74. The first-order chi connectivity index (χ1) is 13.0. The lowest BCUT2D eigenvalue weighted by atomic mass is 9.43. The molecule has 4 fully saturated rings. The third-order valence-corrected chi connectivity index (χ3v) is 8.21. The molecule has 1 saturated heterocycles. The zero-order valence-electron chi connectivity index (χ0n) is 17.7. The monoisotopic (exact) mass is 400 g/mol. The fourth-order valence-electron chi connectivity index (χ4n) is 5.20. The van der Waals surface area contributed by atoms with E-state index in [4.69, 9.17) is 18.9 Å². The van der Waals surface area contributed by atoms with Gasteiger partial charge in [-0.1, -0.05) is 13.8 Å². The van der Waals surface area contributed by atoms with Crippen LogP contribution < -0.4 is 0 Å². The Morgan fingerprint density at radius 2 is 1.37 bits per heavy atom. The molecule has 2 bridgehead atoms. The topological polar surface area (TPSA) is 36.9 Å². The molecule has 4 atom stereocenters. The van der Waals surface area contributed by atoms with Crippen molar-refractivity contribution in [3.8, 4) is 0 Å². The summed E-state index contributed by atoms with van der Waals surface area (Å²) in [6.07, 6.45) is 6.87. The highest BCUT2D eigenvalue weighted by molar-refractivity contribution is 7.99. The molecule has 4 nitrogen and oxygen atoms in total. The predicted octanol–water partition coefficient (Wildman–Crippen LogP) is 4.55. The highest BCUT2D eigenvalue weighted by Gasteiger charge is 2.64. The highest BCUT2D eigenvalue weighted by atomic mass is 32.2. The number of ether oxygens (including phenoxy) is 4. The van der Waals surface area contributed by atoms with Crippen LogP contribution in [0.5, 0.6) is 0 Å². The van der Waals surface area contributed by atoms with Crippen LogP contribution in [0.25, 0.3) is 0 Å². The molecular formula is C22H40O4S. The maximum absolute atomic E-state index is 6.54. The zero-order chi connectivity index (χ0) is 19.2. The number of rotatable bonds is 0. The molecule has 1 aliphatic heterocycles. The number of thioether (sulfide) groups is 1. The van der Waals surface area contributed by atoms with Crippen molar-refractivity contribution in [2.45, 2.75) is 71.0 Å². The lowest BCUT2D eigenvalue weighted by Crippen LogP contribution is -2.68. The normalized spacial score (nSPS) is 39.9. The zero-order valence-corrected chi connectivity index (χ0v) is 18.5. The average molecular weight is 401 g/mol. The molecule has 0 N–H and O–H groups in total. The molecule has 3 saturated carbocycles. The van der Waals surface area contributed by atoms with Crippen molar-refractivity contribution in [2.24, 2.45) is 17.3 Å². The van der Waals surface area contributed by atoms with Crippen LogP contribution in [-0.2, 0) is 18.9 Å². The summed E-state index contributed by atoms with van der Waals surface area (Å²) in [6.45, 7) is 12.0. The van der Waals surface area contributed by atoms with Gasteiger partial charge in [0.25, 0.3) is 0 Å². The molecule has 158 valence electrons. The van der Waals surface area contributed by atoms with Gasteiger partial charge in [-0.25, -0.2) is 0 Å². The van der Waals surface area contributed by atoms with Crippen molar-refractivity contribution in [1.29, 1.82) is 0 Å². The van der Waals surface area contributed by atoms with Crippen LogP contribution >= 0.6 is 11.8 Å². The first-order valence-electron chi connectivity index (χ1n) is 11.0. The molecule has 4 rings (SSSR count). The Morgan fingerprint density at radius 1 is 0.741 bits per heavy atom. The molecule has 0 aromatic carbocycles. The van der Waals surface area contributed by atoms with Crippen molar-refractivity contribution in [1.82, 2.24) is 0 Å². The second kappa shape index (κ2) is 10.3. The van der Waals surface area contributed by atoms with Gasteiger partial charge in [0.05, 0.1) is 11.7 Å². The molecule has 0 aromatic heterocycles. The van der Waals surface area contributed by atoms with Gasteiger partial charge in [0.2, 0.25) is 0 Å². The molecule has 27 heavy (non-hydrogen) atoms. The van der Waals surface area contributed by atoms with Crippen LogP contribution in [-0.4, -0.2) is 62.9 Å². The van der Waals surface area contributed by atoms with Crippen molar-refractivity contribution < 1.29 is 18.9 Å². The van der Waals surface area contributed by atoms with Gasteiger partial charge in [-0.2, -0.15) is 11.8 Å². The predicted molar refractivity (Wildman–Crippen MR) is 112 cm³/mol. The summed E-state index contributed by atoms with van der Waals surface area (Å²) in [5.41, 5.74) is 0.208. The first-order valence-corrected chi connectivity index (χ1v) is 12.2. The van der Waals surface area contributed by atoms with Crippen LogP contribution in [0.3, 0.4) is 0 Å². The van der Waals surface area contributed by atoms with E-state index in [1.54, 1.807) is 0 Å². The van der Waals surface area contributed by atoms with Crippen molar-refractivity contribution in [3.63, 3.8) is 0 Å². The fourth-order valence-corrected chi connectivity index (χ4v) is 6.05. The Labute approximate surface area is 170 Å². The van der Waals surface area contributed by atoms with Crippen molar-refractivity contribution in [2.75, 3.05) is 51.1 Å². The van der Waals surface area contributed by atoms with Gasteiger partial charge in [0.15, 0.2) is 0 Å². The van der Waals surface area contributed by atoms with Gasteiger partial charge in [-0.15, -0.1) is 0 Å². The second-order valence-corrected chi connectivity index (χ2v) is 10.4. The van der Waals surface area contributed by atoms with Gasteiger partial charge < -0.3 is 18.9 Å². The highest BCUT2D eigenvalue weighted by Crippen LogP contribution is 2.64. The van der Waals surface area contributed by atoms with E-state index in [1.165, 1.54) is 17.9 Å². The smallest absolute Gasteiger partial charge is 0.0948 e. The number of hydrogen-bond acceptors (Lipinski definition) is 5. The molecular weight excluding hydrogens is 360 g/mol. The minimum atomic E-state index is -0.168. The Bertz CT molecular complexity index is 444. The van der Waals surface area contributed by atoms with Crippen LogP contribution in [0.4, 0.5) is 0 Å². The third kappa shape index (κ3) is 5.42. The van der Waals surface area contributed by atoms with Crippen molar-refractivity contribution in [3.05, 3.63) is 0 Å². The van der Waals surface area contributed by atoms with Crippen LogP contribution in [0, 0.1) is 17.3 Å². The molecule has 3 unspecified atom stereocenters. The van der Waals surface area contributed by atoms with Gasteiger partial charge >= 0.3 is 0 Å². The largest absolute Gasteiger partial charge is 0.381 e. The summed E-state index contributed by atoms with van der Waals surface area (Å²) in [5, 5.41) is 0.